The van der Waals surface area contributed by atoms with Gasteiger partial charge in [0.1, 0.15) is 5.75 Å². The molecule has 0 aliphatic carbocycles. The fourth-order valence-electron chi connectivity index (χ4n) is 2.43. The van der Waals surface area contributed by atoms with E-state index < -0.39 is 9.84 Å². The quantitative estimate of drug-likeness (QED) is 0.838. The van der Waals surface area contributed by atoms with Crippen LogP contribution in [0.3, 0.4) is 0 Å². The van der Waals surface area contributed by atoms with Crippen molar-refractivity contribution in [2.75, 3.05) is 18.9 Å². The molecular formula is C15H23NO3S. The highest BCUT2D eigenvalue weighted by atomic mass is 32.2. The third kappa shape index (κ3) is 4.21. The van der Waals surface area contributed by atoms with Crippen molar-refractivity contribution in [1.82, 2.24) is 5.32 Å². The molecule has 0 bridgehead atoms. The summed E-state index contributed by atoms with van der Waals surface area (Å²) in [5, 5.41) is 3.04. The molecule has 1 aliphatic heterocycles. The summed E-state index contributed by atoms with van der Waals surface area (Å²) >= 11 is 0. The molecule has 1 saturated heterocycles. The molecule has 1 aromatic carbocycles. The summed E-state index contributed by atoms with van der Waals surface area (Å²) in [7, 11) is -2.85. The van der Waals surface area contributed by atoms with Crippen LogP contribution in [-0.4, -0.2) is 32.6 Å². The Morgan fingerprint density at radius 3 is 2.95 bits per heavy atom. The SMILES string of the molecule is CCCOc1cccc(CNCC2CCCS2(=O)=O)c1. The van der Waals surface area contributed by atoms with E-state index in [9.17, 15) is 8.42 Å². The number of benzene rings is 1. The second-order valence-corrected chi connectivity index (χ2v) is 7.66. The maximum Gasteiger partial charge on any atom is 0.154 e. The van der Waals surface area contributed by atoms with Gasteiger partial charge in [-0.2, -0.15) is 0 Å². The first kappa shape index (κ1) is 15.3. The highest BCUT2D eigenvalue weighted by Crippen LogP contribution is 2.19. The molecule has 0 spiro atoms. The Bertz CT molecular complexity index is 528. The number of sulfone groups is 1. The number of hydrogen-bond donors (Lipinski definition) is 1. The van der Waals surface area contributed by atoms with E-state index in [-0.39, 0.29) is 5.25 Å². The van der Waals surface area contributed by atoms with Gasteiger partial charge in [0.15, 0.2) is 9.84 Å². The van der Waals surface area contributed by atoms with Crippen LogP contribution in [0.1, 0.15) is 31.7 Å². The maximum atomic E-state index is 11.7. The summed E-state index contributed by atoms with van der Waals surface area (Å²) in [6.45, 7) is 4.02. The molecule has 1 unspecified atom stereocenters. The molecule has 0 radical (unpaired) electrons. The highest BCUT2D eigenvalue weighted by molar-refractivity contribution is 7.92. The topological polar surface area (TPSA) is 55.4 Å². The molecule has 2 rings (SSSR count). The Labute approximate surface area is 121 Å². The Morgan fingerprint density at radius 2 is 2.25 bits per heavy atom. The standard InChI is InChI=1S/C15H23NO3S/c1-2-8-19-14-6-3-5-13(10-14)11-16-12-15-7-4-9-20(15,17)18/h3,5-6,10,15-16H,2,4,7-9,11-12H2,1H3. The van der Waals surface area contributed by atoms with Crippen LogP contribution >= 0.6 is 0 Å². The van der Waals surface area contributed by atoms with Crippen LogP contribution in [-0.2, 0) is 16.4 Å². The minimum atomic E-state index is -2.85. The molecule has 112 valence electrons. The molecule has 0 aromatic heterocycles. The predicted molar refractivity (Wildman–Crippen MR) is 80.7 cm³/mol. The molecule has 1 aromatic rings. The van der Waals surface area contributed by atoms with E-state index >= 15 is 0 Å². The van der Waals surface area contributed by atoms with E-state index in [0.29, 0.717) is 18.8 Å². The van der Waals surface area contributed by atoms with Crippen molar-refractivity contribution in [3.63, 3.8) is 0 Å². The Morgan fingerprint density at radius 1 is 1.40 bits per heavy atom. The smallest absolute Gasteiger partial charge is 0.154 e. The van der Waals surface area contributed by atoms with E-state index in [0.717, 1.165) is 37.2 Å². The monoisotopic (exact) mass is 297 g/mol. The molecule has 1 atom stereocenters. The second kappa shape index (κ2) is 7.09. The van der Waals surface area contributed by atoms with E-state index in [2.05, 4.69) is 12.2 Å². The summed E-state index contributed by atoms with van der Waals surface area (Å²) in [4.78, 5) is 0. The van der Waals surface area contributed by atoms with Gasteiger partial charge in [0.25, 0.3) is 0 Å². The van der Waals surface area contributed by atoms with Gasteiger partial charge in [-0.3, -0.25) is 0 Å². The van der Waals surface area contributed by atoms with Crippen molar-refractivity contribution in [3.05, 3.63) is 29.8 Å². The molecule has 4 nitrogen and oxygen atoms in total. The third-order valence-corrected chi connectivity index (χ3v) is 5.81. The maximum absolute atomic E-state index is 11.7. The van der Waals surface area contributed by atoms with E-state index in [1.165, 1.54) is 0 Å². The van der Waals surface area contributed by atoms with E-state index in [1.54, 1.807) is 0 Å². The summed E-state index contributed by atoms with van der Waals surface area (Å²) in [5.74, 6) is 1.22. The van der Waals surface area contributed by atoms with Crippen LogP contribution in [0.4, 0.5) is 0 Å². The summed E-state index contributed by atoms with van der Waals surface area (Å²) in [5.41, 5.74) is 1.12. The Balaban J connectivity index is 1.82. The summed E-state index contributed by atoms with van der Waals surface area (Å²) in [6.07, 6.45) is 2.58. The van der Waals surface area contributed by atoms with Crippen LogP contribution in [0.2, 0.25) is 0 Å². The van der Waals surface area contributed by atoms with Crippen molar-refractivity contribution >= 4 is 9.84 Å². The molecule has 0 amide bonds. The molecule has 1 aliphatic rings. The number of rotatable bonds is 7. The Hall–Kier alpha value is -1.07. The van der Waals surface area contributed by atoms with Crippen molar-refractivity contribution in [2.45, 2.75) is 38.0 Å². The van der Waals surface area contributed by atoms with Crippen LogP contribution in [0.25, 0.3) is 0 Å². The average molecular weight is 297 g/mol. The molecule has 1 N–H and O–H groups in total. The number of hydrogen-bond acceptors (Lipinski definition) is 4. The van der Waals surface area contributed by atoms with E-state index in [1.807, 2.05) is 24.3 Å². The molecule has 0 saturated carbocycles. The van der Waals surface area contributed by atoms with Crippen molar-refractivity contribution in [3.8, 4) is 5.75 Å². The lowest BCUT2D eigenvalue weighted by Gasteiger charge is -2.11. The minimum absolute atomic E-state index is 0.206. The number of ether oxygens (including phenoxy) is 1. The lowest BCUT2D eigenvalue weighted by atomic mass is 10.2. The van der Waals surface area contributed by atoms with Crippen LogP contribution in [0.15, 0.2) is 24.3 Å². The normalized spacial score (nSPS) is 20.9. The van der Waals surface area contributed by atoms with Crippen LogP contribution in [0.5, 0.6) is 5.75 Å². The third-order valence-electron chi connectivity index (χ3n) is 3.54. The van der Waals surface area contributed by atoms with Gasteiger partial charge in [-0.25, -0.2) is 8.42 Å². The summed E-state index contributed by atoms with van der Waals surface area (Å²) < 4.78 is 29.0. The first-order valence-electron chi connectivity index (χ1n) is 7.26. The van der Waals surface area contributed by atoms with Gasteiger partial charge >= 0.3 is 0 Å². The van der Waals surface area contributed by atoms with Crippen molar-refractivity contribution in [1.29, 1.82) is 0 Å². The highest BCUT2D eigenvalue weighted by Gasteiger charge is 2.30. The largest absolute Gasteiger partial charge is 0.494 e. The van der Waals surface area contributed by atoms with Gasteiger partial charge in [0.2, 0.25) is 0 Å². The van der Waals surface area contributed by atoms with E-state index in [4.69, 9.17) is 4.74 Å². The summed E-state index contributed by atoms with van der Waals surface area (Å²) in [6, 6.07) is 7.94. The zero-order valence-electron chi connectivity index (χ0n) is 12.0. The van der Waals surface area contributed by atoms with Crippen LogP contribution in [0, 0.1) is 0 Å². The van der Waals surface area contributed by atoms with Gasteiger partial charge in [-0.05, 0) is 37.0 Å². The fourth-order valence-corrected chi connectivity index (χ4v) is 4.23. The molecule has 1 fully saturated rings. The van der Waals surface area contributed by atoms with Crippen molar-refractivity contribution in [2.24, 2.45) is 0 Å². The zero-order chi connectivity index (χ0) is 14.4. The van der Waals surface area contributed by atoms with Crippen LogP contribution < -0.4 is 10.1 Å². The van der Waals surface area contributed by atoms with Gasteiger partial charge < -0.3 is 10.1 Å². The first-order valence-corrected chi connectivity index (χ1v) is 8.97. The van der Waals surface area contributed by atoms with Gasteiger partial charge in [0, 0.05) is 13.1 Å². The Kier molecular flexibility index (Phi) is 5.43. The first-order chi connectivity index (χ1) is 9.62. The van der Waals surface area contributed by atoms with Gasteiger partial charge in [-0.15, -0.1) is 0 Å². The fraction of sp³-hybridized carbons (Fsp3) is 0.600. The lowest BCUT2D eigenvalue weighted by Crippen LogP contribution is -2.30. The average Bonchev–Trinajstić information content (AvgIpc) is 2.76. The lowest BCUT2D eigenvalue weighted by molar-refractivity contribution is 0.317. The minimum Gasteiger partial charge on any atom is -0.494 e. The van der Waals surface area contributed by atoms with Gasteiger partial charge in [0.05, 0.1) is 17.6 Å². The predicted octanol–water partition coefficient (Wildman–Crippen LogP) is 2.14. The second-order valence-electron chi connectivity index (χ2n) is 5.26. The zero-order valence-corrected chi connectivity index (χ0v) is 12.8. The molecule has 20 heavy (non-hydrogen) atoms. The molecule has 5 heteroatoms. The van der Waals surface area contributed by atoms with Gasteiger partial charge in [-0.1, -0.05) is 19.1 Å². The molecule has 1 heterocycles. The molecular weight excluding hydrogens is 274 g/mol. The number of nitrogens with one attached hydrogen (secondary N) is 1. The van der Waals surface area contributed by atoms with Crippen molar-refractivity contribution < 1.29 is 13.2 Å².